The lowest BCUT2D eigenvalue weighted by Gasteiger charge is -2.33. The Morgan fingerprint density at radius 3 is 2.16 bits per heavy atom. The number of nitrogens with zero attached hydrogens (tertiary/aromatic N) is 1. The van der Waals surface area contributed by atoms with E-state index in [1.807, 2.05) is 18.2 Å². The quantitative estimate of drug-likeness (QED) is 0.263. The molecule has 0 spiro atoms. The normalized spacial score (nSPS) is 20.8. The highest BCUT2D eigenvalue weighted by Crippen LogP contribution is 2.43. The Hall–Kier alpha value is -2.78. The van der Waals surface area contributed by atoms with E-state index in [-0.39, 0.29) is 0 Å². The SMILES string of the molecule is CC1CCC(c2ccc(Cl)c(Cl)c2)c2ccccc21.CN1Cc2c(N)cccc2C(c2ccccc2)C1. The molecule has 0 saturated heterocycles. The molecule has 3 atom stereocenters. The fourth-order valence-corrected chi connectivity index (χ4v) is 6.23. The molecule has 1 aliphatic carbocycles. The molecule has 0 radical (unpaired) electrons. The maximum atomic E-state index is 6.16. The van der Waals surface area contributed by atoms with E-state index >= 15 is 0 Å². The molecule has 4 aromatic carbocycles. The van der Waals surface area contributed by atoms with Gasteiger partial charge >= 0.3 is 0 Å². The maximum absolute atomic E-state index is 6.16. The van der Waals surface area contributed by atoms with Gasteiger partial charge in [0.2, 0.25) is 0 Å². The van der Waals surface area contributed by atoms with Crippen LogP contribution in [0.2, 0.25) is 10.0 Å². The summed E-state index contributed by atoms with van der Waals surface area (Å²) < 4.78 is 0. The molecule has 1 heterocycles. The molecule has 3 unspecified atom stereocenters. The zero-order chi connectivity index (χ0) is 25.9. The van der Waals surface area contributed by atoms with Crippen LogP contribution >= 0.6 is 23.2 Å². The first-order valence-corrected chi connectivity index (χ1v) is 13.8. The lowest BCUT2D eigenvalue weighted by atomic mass is 9.75. The molecule has 2 N–H and O–H groups in total. The highest BCUT2D eigenvalue weighted by molar-refractivity contribution is 6.42. The highest BCUT2D eigenvalue weighted by atomic mass is 35.5. The van der Waals surface area contributed by atoms with Crippen LogP contribution in [0.4, 0.5) is 5.69 Å². The lowest BCUT2D eigenvalue weighted by molar-refractivity contribution is 0.296. The van der Waals surface area contributed by atoms with Gasteiger partial charge < -0.3 is 10.6 Å². The monoisotopic (exact) mass is 528 g/mol. The van der Waals surface area contributed by atoms with E-state index in [0.29, 0.717) is 27.8 Å². The number of likely N-dealkylation sites (N-methyl/N-ethyl adjacent to an activating group) is 1. The van der Waals surface area contributed by atoms with E-state index in [2.05, 4.69) is 91.7 Å². The molecule has 0 fully saturated rings. The highest BCUT2D eigenvalue weighted by Gasteiger charge is 2.26. The van der Waals surface area contributed by atoms with Crippen molar-refractivity contribution in [3.63, 3.8) is 0 Å². The zero-order valence-corrected chi connectivity index (χ0v) is 23.0. The van der Waals surface area contributed by atoms with Gasteiger partial charge in [-0.05, 0) is 77.4 Å². The summed E-state index contributed by atoms with van der Waals surface area (Å²) in [5.41, 5.74) is 15.3. The maximum Gasteiger partial charge on any atom is 0.0595 e. The number of nitrogens with two attached hydrogens (primary N) is 1. The van der Waals surface area contributed by atoms with Crippen molar-refractivity contribution in [1.82, 2.24) is 4.90 Å². The van der Waals surface area contributed by atoms with E-state index in [0.717, 1.165) is 18.8 Å². The van der Waals surface area contributed by atoms with Crippen LogP contribution in [0, 0.1) is 0 Å². The topological polar surface area (TPSA) is 29.3 Å². The Bertz CT molecular complexity index is 1370. The van der Waals surface area contributed by atoms with Crippen molar-refractivity contribution in [2.24, 2.45) is 0 Å². The van der Waals surface area contributed by atoms with Gasteiger partial charge in [-0.3, -0.25) is 0 Å². The summed E-state index contributed by atoms with van der Waals surface area (Å²) in [6, 6.07) is 31.8. The van der Waals surface area contributed by atoms with E-state index in [1.54, 1.807) is 0 Å². The number of fused-ring (bicyclic) bond motifs is 2. The molecule has 2 nitrogen and oxygen atoms in total. The number of rotatable bonds is 2. The average molecular weight is 530 g/mol. The van der Waals surface area contributed by atoms with Crippen molar-refractivity contribution in [1.29, 1.82) is 0 Å². The summed E-state index contributed by atoms with van der Waals surface area (Å²) in [6.45, 7) is 4.32. The molecule has 0 aromatic heterocycles. The zero-order valence-electron chi connectivity index (χ0n) is 21.5. The first kappa shape index (κ1) is 25.9. The molecule has 1 aliphatic heterocycles. The van der Waals surface area contributed by atoms with Crippen LogP contribution in [0.1, 0.15) is 70.9 Å². The number of halogens is 2. The van der Waals surface area contributed by atoms with Crippen molar-refractivity contribution in [2.45, 2.75) is 44.1 Å². The Balaban J connectivity index is 0.000000152. The molecule has 0 saturated carbocycles. The number of hydrogen-bond acceptors (Lipinski definition) is 2. The largest absolute Gasteiger partial charge is 0.398 e. The van der Waals surface area contributed by atoms with E-state index < -0.39 is 0 Å². The molecule has 37 heavy (non-hydrogen) atoms. The molecule has 0 amide bonds. The Morgan fingerprint density at radius 1 is 0.703 bits per heavy atom. The number of hydrogen-bond donors (Lipinski definition) is 1. The molecular formula is C33H34Cl2N2. The van der Waals surface area contributed by atoms with E-state index in [9.17, 15) is 0 Å². The second kappa shape index (κ2) is 11.3. The smallest absolute Gasteiger partial charge is 0.0595 e. The summed E-state index contributed by atoms with van der Waals surface area (Å²) in [6.07, 6.45) is 2.40. The molecule has 4 aromatic rings. The van der Waals surface area contributed by atoms with Crippen molar-refractivity contribution in [3.05, 3.63) is 134 Å². The van der Waals surface area contributed by atoms with Crippen LogP contribution in [0.15, 0.2) is 91.0 Å². The summed E-state index contributed by atoms with van der Waals surface area (Å²) in [5, 5.41) is 1.28. The van der Waals surface area contributed by atoms with Crippen LogP contribution in [-0.2, 0) is 6.54 Å². The molecule has 6 rings (SSSR count). The predicted molar refractivity (Wildman–Crippen MR) is 158 cm³/mol. The van der Waals surface area contributed by atoms with Gasteiger partial charge in [-0.25, -0.2) is 0 Å². The minimum atomic E-state index is 0.434. The van der Waals surface area contributed by atoms with Gasteiger partial charge in [-0.1, -0.05) is 103 Å². The summed E-state index contributed by atoms with van der Waals surface area (Å²) >= 11 is 12.2. The van der Waals surface area contributed by atoms with Crippen LogP contribution < -0.4 is 5.73 Å². The van der Waals surface area contributed by atoms with Gasteiger partial charge in [-0.15, -0.1) is 0 Å². The summed E-state index contributed by atoms with van der Waals surface area (Å²) in [4.78, 5) is 2.34. The minimum absolute atomic E-state index is 0.434. The van der Waals surface area contributed by atoms with Crippen LogP contribution in [-0.4, -0.2) is 18.5 Å². The fourth-order valence-electron chi connectivity index (χ4n) is 5.93. The second-order valence-electron chi connectivity index (χ2n) is 10.4. The van der Waals surface area contributed by atoms with Crippen LogP contribution in [0.25, 0.3) is 0 Å². The molecule has 0 bridgehead atoms. The Kier molecular flexibility index (Phi) is 7.90. The van der Waals surface area contributed by atoms with Crippen molar-refractivity contribution in [2.75, 3.05) is 19.3 Å². The molecular weight excluding hydrogens is 495 g/mol. The summed E-state index contributed by atoms with van der Waals surface area (Å²) in [5.74, 6) is 1.53. The van der Waals surface area contributed by atoms with Gasteiger partial charge in [0, 0.05) is 30.6 Å². The van der Waals surface area contributed by atoms with E-state index in [1.165, 1.54) is 46.2 Å². The lowest BCUT2D eigenvalue weighted by Crippen LogP contribution is -2.31. The third-order valence-corrected chi connectivity index (χ3v) is 8.62. The van der Waals surface area contributed by atoms with Crippen molar-refractivity contribution >= 4 is 28.9 Å². The van der Waals surface area contributed by atoms with Gasteiger partial charge in [0.1, 0.15) is 0 Å². The van der Waals surface area contributed by atoms with Crippen LogP contribution in [0.5, 0.6) is 0 Å². The van der Waals surface area contributed by atoms with Gasteiger partial charge in [0.05, 0.1) is 10.0 Å². The third kappa shape index (κ3) is 5.57. The van der Waals surface area contributed by atoms with Crippen molar-refractivity contribution in [3.8, 4) is 0 Å². The average Bonchev–Trinajstić information content (AvgIpc) is 2.92. The third-order valence-electron chi connectivity index (χ3n) is 7.88. The van der Waals surface area contributed by atoms with Gasteiger partial charge in [0.15, 0.2) is 0 Å². The number of nitrogen functional groups attached to an aromatic ring is 1. The molecule has 2 aliphatic rings. The first-order valence-electron chi connectivity index (χ1n) is 13.1. The number of benzene rings is 4. The van der Waals surface area contributed by atoms with E-state index in [4.69, 9.17) is 28.9 Å². The number of anilines is 1. The minimum Gasteiger partial charge on any atom is -0.398 e. The standard InChI is InChI=1S/C17H16Cl2.C16H18N2/c1-11-6-8-14(15-5-3-2-4-13(11)15)12-7-9-16(18)17(19)10-12;1-18-10-14(12-6-3-2-4-7-12)13-8-5-9-16(17)15(13)11-18/h2-5,7,9-11,14H,6,8H2,1H3;2-9,14H,10-11,17H2,1H3. The summed E-state index contributed by atoms with van der Waals surface area (Å²) in [7, 11) is 2.16. The van der Waals surface area contributed by atoms with Crippen molar-refractivity contribution < 1.29 is 0 Å². The van der Waals surface area contributed by atoms with Crippen LogP contribution in [0.3, 0.4) is 0 Å². The Labute approximate surface area is 231 Å². The molecule has 190 valence electrons. The second-order valence-corrected chi connectivity index (χ2v) is 11.2. The molecule has 4 heteroatoms. The Morgan fingerprint density at radius 2 is 1.41 bits per heavy atom. The first-order chi connectivity index (χ1) is 17.9. The van der Waals surface area contributed by atoms with Gasteiger partial charge in [0.25, 0.3) is 0 Å². The van der Waals surface area contributed by atoms with Gasteiger partial charge in [-0.2, -0.15) is 0 Å². The predicted octanol–water partition coefficient (Wildman–Crippen LogP) is 8.87. The fraction of sp³-hybridized carbons (Fsp3) is 0.273.